The Morgan fingerprint density at radius 1 is 1.40 bits per heavy atom. The van der Waals surface area contributed by atoms with Crippen molar-refractivity contribution in [1.82, 2.24) is 20.1 Å². The number of nitrogens with zero attached hydrogens (tertiary/aromatic N) is 3. The highest BCUT2D eigenvalue weighted by molar-refractivity contribution is 5.91. The molecule has 2 N–H and O–H groups in total. The molecule has 3 unspecified atom stereocenters. The van der Waals surface area contributed by atoms with Crippen molar-refractivity contribution in [3.63, 3.8) is 0 Å². The van der Waals surface area contributed by atoms with Crippen molar-refractivity contribution in [2.24, 2.45) is 11.8 Å². The van der Waals surface area contributed by atoms with Crippen LogP contribution in [0.15, 0.2) is 10.9 Å². The number of nitrogens with one attached hydrogen (secondary N) is 1. The van der Waals surface area contributed by atoms with Gasteiger partial charge in [0, 0.05) is 5.92 Å². The van der Waals surface area contributed by atoms with E-state index in [-0.39, 0.29) is 17.3 Å². The molecule has 0 aliphatic heterocycles. The number of H-pyrrole nitrogens is 1. The van der Waals surface area contributed by atoms with Gasteiger partial charge in [-0.25, -0.2) is 9.78 Å². The normalized spacial score (nSPS) is 28.1. The minimum absolute atomic E-state index is 0.0897. The SMILES string of the molecule is O=C(O)c1nc[nH]c1-c1nc(C2CC3CCC2C3)no1. The molecule has 2 saturated carbocycles. The van der Waals surface area contributed by atoms with Crippen LogP contribution in [0.25, 0.3) is 11.6 Å². The summed E-state index contributed by atoms with van der Waals surface area (Å²) in [7, 11) is 0. The summed E-state index contributed by atoms with van der Waals surface area (Å²) >= 11 is 0. The minimum Gasteiger partial charge on any atom is -0.476 e. The number of carboxylic acids is 1. The summed E-state index contributed by atoms with van der Waals surface area (Å²) < 4.78 is 5.22. The first-order valence-electron chi connectivity index (χ1n) is 6.83. The van der Waals surface area contributed by atoms with Crippen molar-refractivity contribution in [3.8, 4) is 11.6 Å². The number of aromatic amines is 1. The van der Waals surface area contributed by atoms with Gasteiger partial charge in [-0.05, 0) is 31.1 Å². The molecule has 2 bridgehead atoms. The van der Waals surface area contributed by atoms with Gasteiger partial charge in [-0.3, -0.25) is 0 Å². The number of rotatable bonds is 3. The first-order valence-corrected chi connectivity index (χ1v) is 6.83. The van der Waals surface area contributed by atoms with Gasteiger partial charge in [-0.15, -0.1) is 0 Å². The summed E-state index contributed by atoms with van der Waals surface area (Å²) in [5.74, 6) is 1.62. The van der Waals surface area contributed by atoms with Crippen LogP contribution in [0.2, 0.25) is 0 Å². The first kappa shape index (κ1) is 11.6. The lowest BCUT2D eigenvalue weighted by atomic mass is 9.88. The molecule has 7 heteroatoms. The van der Waals surface area contributed by atoms with Gasteiger partial charge in [0.15, 0.2) is 11.5 Å². The van der Waals surface area contributed by atoms with E-state index in [0.717, 1.165) is 12.3 Å². The van der Waals surface area contributed by atoms with Crippen LogP contribution in [0.5, 0.6) is 0 Å². The molecule has 0 saturated heterocycles. The number of carbonyl (C=O) groups is 1. The van der Waals surface area contributed by atoms with E-state index in [1.165, 1.54) is 25.6 Å². The Labute approximate surface area is 114 Å². The fraction of sp³-hybridized carbons (Fsp3) is 0.538. The lowest BCUT2D eigenvalue weighted by Crippen LogP contribution is -2.10. The van der Waals surface area contributed by atoms with Crippen molar-refractivity contribution in [2.75, 3.05) is 0 Å². The topological polar surface area (TPSA) is 105 Å². The van der Waals surface area contributed by atoms with E-state index in [2.05, 4.69) is 20.1 Å². The Bertz CT molecular complexity index is 662. The van der Waals surface area contributed by atoms with Gasteiger partial charge in [0.25, 0.3) is 5.89 Å². The molecule has 3 atom stereocenters. The van der Waals surface area contributed by atoms with Crippen molar-refractivity contribution in [1.29, 1.82) is 0 Å². The first-order chi connectivity index (χ1) is 9.72. The van der Waals surface area contributed by atoms with Gasteiger partial charge < -0.3 is 14.6 Å². The second-order valence-electron chi connectivity index (χ2n) is 5.67. The highest BCUT2D eigenvalue weighted by Gasteiger charge is 2.42. The second kappa shape index (κ2) is 4.16. The molecule has 2 aliphatic rings. The standard InChI is InChI=1S/C13H14N4O3/c18-13(19)10-9(14-5-15-10)12-16-11(17-20-12)8-4-6-1-2-7(8)3-6/h5-8H,1-4H2,(H,14,15)(H,18,19). The maximum Gasteiger partial charge on any atom is 0.356 e. The summed E-state index contributed by atoms with van der Waals surface area (Å²) in [4.78, 5) is 21.9. The van der Waals surface area contributed by atoms with Gasteiger partial charge in [-0.1, -0.05) is 11.6 Å². The highest BCUT2D eigenvalue weighted by atomic mass is 16.5. The number of hydrogen-bond acceptors (Lipinski definition) is 5. The number of aromatic nitrogens is 4. The van der Waals surface area contributed by atoms with E-state index in [0.29, 0.717) is 17.7 Å². The summed E-state index contributed by atoms with van der Waals surface area (Å²) in [6, 6.07) is 0. The van der Waals surface area contributed by atoms with Crippen LogP contribution in [0.4, 0.5) is 0 Å². The summed E-state index contributed by atoms with van der Waals surface area (Å²) in [6.07, 6.45) is 6.26. The molecule has 0 amide bonds. The smallest absolute Gasteiger partial charge is 0.356 e. The summed E-state index contributed by atoms with van der Waals surface area (Å²) in [5, 5.41) is 13.1. The third-order valence-electron chi connectivity index (χ3n) is 4.57. The molecular formula is C13H14N4O3. The predicted molar refractivity (Wildman–Crippen MR) is 67.0 cm³/mol. The van der Waals surface area contributed by atoms with Gasteiger partial charge in [0.05, 0.1) is 6.33 Å². The Morgan fingerprint density at radius 3 is 3.00 bits per heavy atom. The fourth-order valence-electron chi connectivity index (χ4n) is 3.67. The van der Waals surface area contributed by atoms with Crippen LogP contribution in [0.1, 0.15) is 47.9 Å². The van der Waals surface area contributed by atoms with E-state index >= 15 is 0 Å². The quantitative estimate of drug-likeness (QED) is 0.887. The number of imidazole rings is 1. The second-order valence-corrected chi connectivity index (χ2v) is 5.67. The zero-order valence-electron chi connectivity index (χ0n) is 10.7. The molecule has 0 radical (unpaired) electrons. The van der Waals surface area contributed by atoms with Crippen LogP contribution in [0.3, 0.4) is 0 Å². The minimum atomic E-state index is -1.11. The molecule has 0 aromatic carbocycles. The number of carboxylic acid groups (broad SMARTS) is 1. The average molecular weight is 274 g/mol. The van der Waals surface area contributed by atoms with E-state index in [1.54, 1.807) is 0 Å². The van der Waals surface area contributed by atoms with Gasteiger partial charge in [0.1, 0.15) is 5.69 Å². The van der Waals surface area contributed by atoms with Crippen molar-refractivity contribution in [3.05, 3.63) is 17.8 Å². The summed E-state index contributed by atoms with van der Waals surface area (Å²) in [5.41, 5.74) is 0.188. The third kappa shape index (κ3) is 1.65. The van der Waals surface area contributed by atoms with Crippen molar-refractivity contribution >= 4 is 5.97 Å². The molecule has 2 fully saturated rings. The van der Waals surface area contributed by atoms with Crippen molar-refractivity contribution < 1.29 is 14.4 Å². The molecule has 0 spiro atoms. The van der Waals surface area contributed by atoms with Gasteiger partial charge in [-0.2, -0.15) is 4.98 Å². The molecule has 2 aromatic rings. The Balaban J connectivity index is 1.65. The summed E-state index contributed by atoms with van der Waals surface area (Å²) in [6.45, 7) is 0. The average Bonchev–Trinajstić information content (AvgIpc) is 3.20. The third-order valence-corrected chi connectivity index (χ3v) is 4.57. The van der Waals surface area contributed by atoms with Crippen molar-refractivity contribution in [2.45, 2.75) is 31.6 Å². The molecular weight excluding hydrogens is 260 g/mol. The molecule has 20 heavy (non-hydrogen) atoms. The van der Waals surface area contributed by atoms with E-state index in [9.17, 15) is 4.79 Å². The van der Waals surface area contributed by atoms with Gasteiger partial charge in [0.2, 0.25) is 0 Å². The Kier molecular flexibility index (Phi) is 2.42. The van der Waals surface area contributed by atoms with Crippen LogP contribution in [0, 0.1) is 11.8 Å². The molecule has 104 valence electrons. The fourth-order valence-corrected chi connectivity index (χ4v) is 3.67. The zero-order valence-corrected chi connectivity index (χ0v) is 10.7. The predicted octanol–water partition coefficient (Wildman–Crippen LogP) is 2.06. The lowest BCUT2D eigenvalue weighted by molar-refractivity contribution is 0.0691. The Hall–Kier alpha value is -2.18. The van der Waals surface area contributed by atoms with E-state index in [1.807, 2.05) is 0 Å². The highest BCUT2D eigenvalue weighted by Crippen LogP contribution is 2.52. The number of fused-ring (bicyclic) bond motifs is 2. The van der Waals surface area contributed by atoms with Crippen LogP contribution in [-0.4, -0.2) is 31.2 Å². The van der Waals surface area contributed by atoms with E-state index in [4.69, 9.17) is 9.63 Å². The maximum atomic E-state index is 11.1. The molecule has 2 heterocycles. The Morgan fingerprint density at radius 2 is 2.30 bits per heavy atom. The molecule has 4 rings (SSSR count). The molecule has 2 aromatic heterocycles. The van der Waals surface area contributed by atoms with Crippen LogP contribution < -0.4 is 0 Å². The van der Waals surface area contributed by atoms with E-state index < -0.39 is 5.97 Å². The largest absolute Gasteiger partial charge is 0.476 e. The monoisotopic (exact) mass is 274 g/mol. The number of aromatic carboxylic acids is 1. The van der Waals surface area contributed by atoms with Crippen LogP contribution in [-0.2, 0) is 0 Å². The maximum absolute atomic E-state index is 11.1. The van der Waals surface area contributed by atoms with Crippen LogP contribution >= 0.6 is 0 Å². The number of hydrogen-bond donors (Lipinski definition) is 2. The lowest BCUT2D eigenvalue weighted by Gasteiger charge is -2.17. The molecule has 7 nitrogen and oxygen atoms in total. The molecule has 2 aliphatic carbocycles. The van der Waals surface area contributed by atoms with Gasteiger partial charge >= 0.3 is 5.97 Å². The zero-order chi connectivity index (χ0) is 13.7.